The van der Waals surface area contributed by atoms with Crippen LogP contribution in [0.4, 0.5) is 4.39 Å². The van der Waals surface area contributed by atoms with Gasteiger partial charge in [0.2, 0.25) is 0 Å². The summed E-state index contributed by atoms with van der Waals surface area (Å²) in [4.78, 5) is 10.9. The van der Waals surface area contributed by atoms with E-state index in [-0.39, 0.29) is 26.6 Å². The number of aromatic carboxylic acids is 1. The van der Waals surface area contributed by atoms with Crippen LogP contribution in [0, 0.1) is 5.82 Å². The Morgan fingerprint density at radius 3 is 2.43 bits per heavy atom. The molecule has 2 rings (SSSR count). The van der Waals surface area contributed by atoms with Crippen molar-refractivity contribution < 1.29 is 19.0 Å². The minimum absolute atomic E-state index is 0.152. The van der Waals surface area contributed by atoms with E-state index >= 15 is 0 Å². The van der Waals surface area contributed by atoms with Crippen molar-refractivity contribution in [3.8, 4) is 11.5 Å². The van der Waals surface area contributed by atoms with Gasteiger partial charge in [-0.15, -0.1) is 0 Å². The summed E-state index contributed by atoms with van der Waals surface area (Å²) in [6, 6.07) is 5.36. The average Bonchev–Trinajstić information content (AvgIpc) is 2.40. The SMILES string of the molecule is O=C(O)c1ccc(Oc2cc(Cl)c(Br)cc2Cl)c(F)c1Br. The van der Waals surface area contributed by atoms with Crippen molar-refractivity contribution in [1.82, 2.24) is 0 Å². The van der Waals surface area contributed by atoms with Gasteiger partial charge in [0.15, 0.2) is 11.6 Å². The number of ether oxygens (including phenoxy) is 1. The van der Waals surface area contributed by atoms with E-state index in [4.69, 9.17) is 33.0 Å². The number of hydrogen-bond donors (Lipinski definition) is 1. The van der Waals surface area contributed by atoms with Crippen molar-refractivity contribution in [2.75, 3.05) is 0 Å². The van der Waals surface area contributed by atoms with Crippen LogP contribution in [0.25, 0.3) is 0 Å². The molecule has 0 aromatic heterocycles. The minimum atomic E-state index is -1.25. The van der Waals surface area contributed by atoms with Crippen LogP contribution in [-0.4, -0.2) is 11.1 Å². The maximum Gasteiger partial charge on any atom is 0.336 e. The maximum atomic E-state index is 14.1. The summed E-state index contributed by atoms with van der Waals surface area (Å²) < 4.78 is 19.8. The molecule has 110 valence electrons. The Labute approximate surface area is 145 Å². The number of carbonyl (C=O) groups is 1. The van der Waals surface area contributed by atoms with E-state index in [9.17, 15) is 9.18 Å². The molecule has 2 aromatic rings. The molecule has 0 saturated carbocycles. The van der Waals surface area contributed by atoms with Crippen molar-refractivity contribution in [2.24, 2.45) is 0 Å². The molecule has 0 heterocycles. The van der Waals surface area contributed by atoms with E-state index in [1.807, 2.05) is 0 Å². The van der Waals surface area contributed by atoms with Crippen molar-refractivity contribution >= 4 is 61.0 Å². The fraction of sp³-hybridized carbons (Fsp3) is 0. The molecule has 0 fully saturated rings. The number of hydrogen-bond acceptors (Lipinski definition) is 2. The van der Waals surface area contributed by atoms with Gasteiger partial charge in [0.25, 0.3) is 0 Å². The second-order valence-electron chi connectivity index (χ2n) is 3.84. The van der Waals surface area contributed by atoms with Gasteiger partial charge in [0, 0.05) is 10.5 Å². The molecule has 3 nitrogen and oxygen atoms in total. The van der Waals surface area contributed by atoms with Crippen LogP contribution < -0.4 is 4.74 Å². The molecule has 0 aliphatic heterocycles. The topological polar surface area (TPSA) is 46.5 Å². The molecule has 0 saturated heterocycles. The molecule has 2 aromatic carbocycles. The first-order valence-electron chi connectivity index (χ1n) is 5.35. The summed E-state index contributed by atoms with van der Waals surface area (Å²) in [7, 11) is 0. The Hall–Kier alpha value is -0.820. The quantitative estimate of drug-likeness (QED) is 0.561. The summed E-state index contributed by atoms with van der Waals surface area (Å²) in [5, 5.41) is 9.47. The summed E-state index contributed by atoms with van der Waals surface area (Å²) in [5.41, 5.74) is -0.209. The third-order valence-corrected chi connectivity index (χ3v) is 4.74. The predicted molar refractivity (Wildman–Crippen MR) is 85.3 cm³/mol. The molecule has 21 heavy (non-hydrogen) atoms. The highest BCUT2D eigenvalue weighted by molar-refractivity contribution is 9.10. The van der Waals surface area contributed by atoms with Crippen molar-refractivity contribution in [1.29, 1.82) is 0 Å². The zero-order valence-electron chi connectivity index (χ0n) is 9.96. The van der Waals surface area contributed by atoms with E-state index in [1.165, 1.54) is 24.3 Å². The van der Waals surface area contributed by atoms with Crippen LogP contribution in [0.5, 0.6) is 11.5 Å². The molecule has 0 amide bonds. The zero-order chi connectivity index (χ0) is 15.7. The molecule has 0 atom stereocenters. The first-order valence-corrected chi connectivity index (χ1v) is 7.69. The number of benzene rings is 2. The summed E-state index contributed by atoms with van der Waals surface area (Å²) >= 11 is 18.0. The molecular formula is C13H5Br2Cl2FO3. The lowest BCUT2D eigenvalue weighted by Gasteiger charge is -2.11. The molecule has 0 bridgehead atoms. The van der Waals surface area contributed by atoms with Gasteiger partial charge in [-0.05, 0) is 50.1 Å². The van der Waals surface area contributed by atoms with Gasteiger partial charge >= 0.3 is 5.97 Å². The Morgan fingerprint density at radius 1 is 1.14 bits per heavy atom. The number of rotatable bonds is 3. The van der Waals surface area contributed by atoms with E-state index < -0.39 is 11.8 Å². The van der Waals surface area contributed by atoms with Crippen LogP contribution >= 0.6 is 55.1 Å². The molecule has 8 heteroatoms. The van der Waals surface area contributed by atoms with Crippen LogP contribution in [-0.2, 0) is 0 Å². The van der Waals surface area contributed by atoms with Gasteiger partial charge in [0.1, 0.15) is 5.75 Å². The first-order chi connectivity index (χ1) is 9.81. The standard InChI is InChI=1S/C13H5Br2Cl2FO3/c14-6-3-8(17)10(4-7(6)16)21-9-2-1-5(13(19)20)11(15)12(9)18/h1-4H,(H,19,20). The molecule has 0 aliphatic rings. The molecule has 0 spiro atoms. The lowest BCUT2D eigenvalue weighted by Crippen LogP contribution is -2.00. The minimum Gasteiger partial charge on any atom is -0.478 e. The third kappa shape index (κ3) is 3.51. The lowest BCUT2D eigenvalue weighted by molar-refractivity contribution is 0.0695. The highest BCUT2D eigenvalue weighted by Gasteiger charge is 2.18. The molecule has 0 aliphatic carbocycles. The van der Waals surface area contributed by atoms with E-state index in [1.54, 1.807) is 0 Å². The summed E-state index contributed by atoms with van der Waals surface area (Å²) in [6.45, 7) is 0. The fourth-order valence-electron chi connectivity index (χ4n) is 1.48. The fourth-order valence-corrected chi connectivity index (χ4v) is 2.80. The van der Waals surface area contributed by atoms with E-state index in [0.717, 1.165) is 0 Å². The lowest BCUT2D eigenvalue weighted by atomic mass is 10.2. The maximum absolute atomic E-state index is 14.1. The van der Waals surface area contributed by atoms with Gasteiger partial charge in [-0.1, -0.05) is 23.2 Å². The van der Waals surface area contributed by atoms with E-state index in [0.29, 0.717) is 9.50 Å². The molecule has 0 unspecified atom stereocenters. The van der Waals surface area contributed by atoms with Crippen LogP contribution in [0.1, 0.15) is 10.4 Å². The second kappa shape index (κ2) is 6.52. The van der Waals surface area contributed by atoms with Gasteiger partial charge in [-0.25, -0.2) is 9.18 Å². The summed E-state index contributed by atoms with van der Waals surface area (Å²) in [6.07, 6.45) is 0. The molecule has 0 radical (unpaired) electrons. The zero-order valence-corrected chi connectivity index (χ0v) is 14.6. The van der Waals surface area contributed by atoms with Gasteiger partial charge in [0.05, 0.1) is 20.1 Å². The average molecular weight is 459 g/mol. The Bertz CT molecular complexity index is 738. The number of halogens is 5. The largest absolute Gasteiger partial charge is 0.478 e. The van der Waals surface area contributed by atoms with E-state index in [2.05, 4.69) is 31.9 Å². The summed E-state index contributed by atoms with van der Waals surface area (Å²) in [5.74, 6) is -2.12. The number of carboxylic acids is 1. The van der Waals surface area contributed by atoms with Gasteiger partial charge in [-0.2, -0.15) is 0 Å². The normalized spacial score (nSPS) is 10.5. The van der Waals surface area contributed by atoms with Gasteiger partial charge < -0.3 is 9.84 Å². The highest BCUT2D eigenvalue weighted by atomic mass is 79.9. The van der Waals surface area contributed by atoms with Crippen molar-refractivity contribution in [2.45, 2.75) is 0 Å². The van der Waals surface area contributed by atoms with Crippen LogP contribution in [0.3, 0.4) is 0 Å². The number of carboxylic acid groups (broad SMARTS) is 1. The second-order valence-corrected chi connectivity index (χ2v) is 6.30. The Kier molecular flexibility index (Phi) is 5.14. The van der Waals surface area contributed by atoms with Crippen LogP contribution in [0.2, 0.25) is 10.0 Å². The monoisotopic (exact) mass is 456 g/mol. The smallest absolute Gasteiger partial charge is 0.336 e. The Balaban J connectivity index is 2.43. The Morgan fingerprint density at radius 2 is 1.81 bits per heavy atom. The van der Waals surface area contributed by atoms with Crippen molar-refractivity contribution in [3.63, 3.8) is 0 Å². The first kappa shape index (κ1) is 16.5. The predicted octanol–water partition coefficient (Wildman–Crippen LogP) is 6.15. The highest BCUT2D eigenvalue weighted by Crippen LogP contribution is 2.38. The third-order valence-electron chi connectivity index (χ3n) is 2.47. The van der Waals surface area contributed by atoms with Gasteiger partial charge in [-0.3, -0.25) is 0 Å². The van der Waals surface area contributed by atoms with Crippen LogP contribution in [0.15, 0.2) is 33.2 Å². The van der Waals surface area contributed by atoms with Crippen molar-refractivity contribution in [3.05, 3.63) is 54.6 Å². The molecular weight excluding hydrogens is 454 g/mol. The molecule has 1 N–H and O–H groups in total.